The van der Waals surface area contributed by atoms with Crippen molar-refractivity contribution >= 4 is 37.1 Å². The van der Waals surface area contributed by atoms with Gasteiger partial charge in [0, 0.05) is 0 Å². The van der Waals surface area contributed by atoms with Crippen molar-refractivity contribution in [3.8, 4) is 0 Å². The van der Waals surface area contributed by atoms with Gasteiger partial charge in [-0.15, -0.1) is 0 Å². The number of nitrogens with two attached hydrogens (primary N) is 2. The first-order chi connectivity index (χ1) is 7.54. The minimum absolute atomic E-state index is 0.0838. The summed E-state index contributed by atoms with van der Waals surface area (Å²) in [5.41, 5.74) is 5.97. The van der Waals surface area contributed by atoms with Crippen LogP contribution in [-0.2, 0) is 19.9 Å². The molecule has 1 aromatic rings. The molecule has 0 aliphatic heterocycles. The van der Waals surface area contributed by atoms with Crippen LogP contribution in [0.3, 0.4) is 0 Å². The highest BCUT2D eigenvalue weighted by Gasteiger charge is 2.25. The number of primary sulfonamides is 1. The number of hydrogen-bond acceptors (Lipinski definition) is 5. The van der Waals surface area contributed by atoms with Crippen LogP contribution in [0, 0.1) is 6.92 Å². The summed E-state index contributed by atoms with van der Waals surface area (Å²) in [7, 11) is -8.27. The number of nitrogen functional groups attached to an aromatic ring is 1. The van der Waals surface area contributed by atoms with E-state index in [-0.39, 0.29) is 15.6 Å². The molecule has 0 aliphatic carbocycles. The second kappa shape index (κ2) is 4.45. The number of anilines is 1. The minimum atomic E-state index is -4.16. The molecule has 1 rings (SSSR count). The molecular weight excluding hydrogens is 288 g/mol. The zero-order valence-corrected chi connectivity index (χ0v) is 11.2. The summed E-state index contributed by atoms with van der Waals surface area (Å²) in [5.74, 6) is 0. The molecule has 0 saturated heterocycles. The molecule has 0 aromatic heterocycles. The molecular formula is C8H11ClN2O4S2. The Morgan fingerprint density at radius 1 is 1.24 bits per heavy atom. The molecule has 96 valence electrons. The lowest BCUT2D eigenvalue weighted by Gasteiger charge is -2.09. The molecule has 0 radical (unpaired) electrons. The molecule has 0 fully saturated rings. The van der Waals surface area contributed by atoms with Gasteiger partial charge in [-0.05, 0) is 18.6 Å². The Morgan fingerprint density at radius 3 is 2.24 bits per heavy atom. The van der Waals surface area contributed by atoms with Gasteiger partial charge in [-0.1, -0.05) is 17.7 Å². The molecule has 0 heterocycles. The molecule has 1 aromatic carbocycles. The van der Waals surface area contributed by atoms with Gasteiger partial charge in [0.05, 0.1) is 15.6 Å². The highest BCUT2D eigenvalue weighted by Crippen LogP contribution is 2.30. The van der Waals surface area contributed by atoms with Crippen LogP contribution in [0.2, 0.25) is 5.02 Å². The first-order valence-corrected chi connectivity index (χ1v) is 8.07. The lowest BCUT2D eigenvalue weighted by Crippen LogP contribution is -2.24. The third-order valence-electron chi connectivity index (χ3n) is 1.99. The Kier molecular flexibility index (Phi) is 3.72. The van der Waals surface area contributed by atoms with Gasteiger partial charge in [0.2, 0.25) is 10.0 Å². The topological polar surface area (TPSA) is 120 Å². The summed E-state index contributed by atoms with van der Waals surface area (Å²) in [5, 5.41) is 3.58. The molecule has 0 spiro atoms. The fraction of sp³-hybridized carbons (Fsp3) is 0.250. The number of hydrogen-bond donors (Lipinski definition) is 2. The van der Waals surface area contributed by atoms with E-state index in [2.05, 4.69) is 0 Å². The summed E-state index contributed by atoms with van der Waals surface area (Å²) < 4.78 is 45.1. The number of sulfone groups is 1. The lowest BCUT2D eigenvalue weighted by atomic mass is 10.2. The van der Waals surface area contributed by atoms with Crippen LogP contribution in [0.25, 0.3) is 0 Å². The highest BCUT2D eigenvalue weighted by atomic mass is 35.5. The number of sulfonamides is 1. The van der Waals surface area contributed by atoms with E-state index in [1.807, 2.05) is 0 Å². The first kappa shape index (κ1) is 14.2. The predicted octanol–water partition coefficient (Wildman–Crippen LogP) is 0.250. The fourth-order valence-corrected chi connectivity index (χ4v) is 4.41. The van der Waals surface area contributed by atoms with Crippen LogP contribution in [-0.4, -0.2) is 21.9 Å². The van der Waals surface area contributed by atoms with Gasteiger partial charge in [0.1, 0.15) is 0 Å². The molecule has 0 bridgehead atoms. The standard InChI is InChI=1S/C8H11ClN2O4S2/c1-5-2-3-6(8(10)7(5)9)16(12,13)4-17(11,14)15/h2-3H,4,10H2,1H3,(H2,11,14,15). The van der Waals surface area contributed by atoms with Crippen molar-refractivity contribution in [3.63, 3.8) is 0 Å². The maximum atomic E-state index is 11.7. The smallest absolute Gasteiger partial charge is 0.223 e. The summed E-state index contributed by atoms with van der Waals surface area (Å²) in [6.45, 7) is 1.65. The third-order valence-corrected chi connectivity index (χ3v) is 6.07. The maximum Gasteiger partial charge on any atom is 0.223 e. The Morgan fingerprint density at radius 2 is 1.76 bits per heavy atom. The van der Waals surface area contributed by atoms with Crippen molar-refractivity contribution in [2.75, 3.05) is 10.8 Å². The molecule has 9 heteroatoms. The Bertz CT molecular complexity index is 652. The van der Waals surface area contributed by atoms with Gasteiger partial charge in [-0.3, -0.25) is 0 Å². The zero-order chi connectivity index (χ0) is 13.4. The second-order valence-corrected chi connectivity index (χ2v) is 7.82. The van der Waals surface area contributed by atoms with Crippen LogP contribution < -0.4 is 10.9 Å². The average molecular weight is 299 g/mol. The summed E-state index contributed by atoms with van der Waals surface area (Å²) in [4.78, 5) is -0.331. The Balaban J connectivity index is 3.41. The minimum Gasteiger partial charge on any atom is -0.396 e. The van der Waals surface area contributed by atoms with Gasteiger partial charge in [0.25, 0.3) is 0 Å². The van der Waals surface area contributed by atoms with Crippen molar-refractivity contribution in [3.05, 3.63) is 22.7 Å². The van der Waals surface area contributed by atoms with E-state index in [0.29, 0.717) is 5.56 Å². The SMILES string of the molecule is Cc1ccc(S(=O)(=O)CS(N)(=O)=O)c(N)c1Cl. The average Bonchev–Trinajstić information content (AvgIpc) is 2.09. The molecule has 4 N–H and O–H groups in total. The number of aryl methyl sites for hydroxylation is 1. The van der Waals surface area contributed by atoms with Gasteiger partial charge in [-0.2, -0.15) is 0 Å². The van der Waals surface area contributed by atoms with Crippen molar-refractivity contribution in [2.24, 2.45) is 5.14 Å². The molecule has 17 heavy (non-hydrogen) atoms. The normalized spacial score (nSPS) is 12.6. The summed E-state index contributed by atoms with van der Waals surface area (Å²) in [6.07, 6.45) is 0. The molecule has 0 atom stereocenters. The lowest BCUT2D eigenvalue weighted by molar-refractivity contribution is 0.590. The first-order valence-electron chi connectivity index (χ1n) is 4.32. The van der Waals surface area contributed by atoms with E-state index >= 15 is 0 Å². The summed E-state index contributed by atoms with van der Waals surface area (Å²) in [6, 6.07) is 2.64. The van der Waals surface area contributed by atoms with E-state index in [1.54, 1.807) is 6.92 Å². The van der Waals surface area contributed by atoms with E-state index in [0.717, 1.165) is 0 Å². The van der Waals surface area contributed by atoms with Gasteiger partial charge in [0.15, 0.2) is 14.9 Å². The molecule has 0 aliphatic rings. The quantitative estimate of drug-likeness (QED) is 0.775. The predicted molar refractivity (Wildman–Crippen MR) is 65.8 cm³/mol. The molecule has 0 saturated carbocycles. The summed E-state index contributed by atoms with van der Waals surface area (Å²) >= 11 is 5.79. The highest BCUT2D eigenvalue weighted by molar-refractivity contribution is 8.07. The monoisotopic (exact) mass is 298 g/mol. The van der Waals surface area contributed by atoms with E-state index in [1.165, 1.54) is 12.1 Å². The molecule has 6 nitrogen and oxygen atoms in total. The van der Waals surface area contributed by atoms with Crippen LogP contribution in [0.1, 0.15) is 5.56 Å². The van der Waals surface area contributed by atoms with Crippen LogP contribution in [0.5, 0.6) is 0 Å². The van der Waals surface area contributed by atoms with Crippen LogP contribution >= 0.6 is 11.6 Å². The largest absolute Gasteiger partial charge is 0.396 e. The van der Waals surface area contributed by atoms with Crippen molar-refractivity contribution < 1.29 is 16.8 Å². The molecule has 0 amide bonds. The number of benzene rings is 1. The third kappa shape index (κ3) is 3.32. The van der Waals surface area contributed by atoms with Crippen LogP contribution in [0.15, 0.2) is 17.0 Å². The van der Waals surface area contributed by atoms with E-state index in [4.69, 9.17) is 22.5 Å². The maximum absolute atomic E-state index is 11.7. The fourth-order valence-electron chi connectivity index (χ4n) is 1.24. The van der Waals surface area contributed by atoms with Crippen LogP contribution in [0.4, 0.5) is 5.69 Å². The Labute approximate surface area is 105 Å². The van der Waals surface area contributed by atoms with E-state index < -0.39 is 24.9 Å². The van der Waals surface area contributed by atoms with Gasteiger partial charge in [-0.25, -0.2) is 22.0 Å². The zero-order valence-electron chi connectivity index (χ0n) is 8.84. The molecule has 0 unspecified atom stereocenters. The van der Waals surface area contributed by atoms with Gasteiger partial charge < -0.3 is 5.73 Å². The van der Waals surface area contributed by atoms with Crippen molar-refractivity contribution in [1.82, 2.24) is 0 Å². The second-order valence-electron chi connectivity index (χ2n) is 3.50. The Hall–Kier alpha value is -0.830. The van der Waals surface area contributed by atoms with Crippen molar-refractivity contribution in [1.29, 1.82) is 0 Å². The van der Waals surface area contributed by atoms with E-state index in [9.17, 15) is 16.8 Å². The van der Waals surface area contributed by atoms with Crippen molar-refractivity contribution in [2.45, 2.75) is 11.8 Å². The number of rotatable bonds is 3. The van der Waals surface area contributed by atoms with Gasteiger partial charge >= 0.3 is 0 Å². The number of halogens is 1.